The fraction of sp³-hybridized carbons (Fsp3) is 0.400. The van der Waals surface area contributed by atoms with Crippen molar-refractivity contribution in [2.24, 2.45) is 0 Å². The number of amides is 2. The maximum absolute atomic E-state index is 12.2. The molecule has 1 fully saturated rings. The first kappa shape index (κ1) is 23.6. The van der Waals surface area contributed by atoms with Crippen LogP contribution in [0.1, 0.15) is 37.6 Å². The largest absolute Gasteiger partial charge is 0.487 e. The molecule has 0 spiro atoms. The fourth-order valence-electron chi connectivity index (χ4n) is 3.85. The van der Waals surface area contributed by atoms with Gasteiger partial charge in [-0.15, -0.1) is 0 Å². The highest BCUT2D eigenvalue weighted by atomic mass is 16.6. The summed E-state index contributed by atoms with van der Waals surface area (Å²) < 4.78 is 13.4. The minimum atomic E-state index is -0.522. The maximum atomic E-state index is 12.2. The van der Waals surface area contributed by atoms with Crippen LogP contribution >= 0.6 is 0 Å². The summed E-state index contributed by atoms with van der Waals surface area (Å²) in [6.45, 7) is 6.75. The molecule has 3 aromatic rings. The third-order valence-electron chi connectivity index (χ3n) is 5.42. The van der Waals surface area contributed by atoms with Crippen molar-refractivity contribution >= 4 is 22.9 Å². The molecule has 9 nitrogen and oxygen atoms in total. The maximum Gasteiger partial charge on any atom is 0.410 e. The molecule has 0 saturated carbocycles. The van der Waals surface area contributed by atoms with Gasteiger partial charge in [-0.25, -0.2) is 9.78 Å². The van der Waals surface area contributed by atoms with Crippen LogP contribution in [0.3, 0.4) is 0 Å². The number of likely N-dealkylation sites (tertiary alicyclic amines) is 1. The minimum absolute atomic E-state index is 0.0987. The van der Waals surface area contributed by atoms with E-state index in [0.29, 0.717) is 24.4 Å². The molecule has 9 heteroatoms. The Morgan fingerprint density at radius 3 is 2.74 bits per heavy atom. The molecule has 1 saturated heterocycles. The van der Waals surface area contributed by atoms with Gasteiger partial charge in [-0.05, 0) is 57.2 Å². The Morgan fingerprint density at radius 1 is 1.21 bits per heavy atom. The number of fused-ring (bicyclic) bond motifs is 1. The highest BCUT2D eigenvalue weighted by molar-refractivity contribution is 5.98. The molecular weight excluding hydrogens is 436 g/mol. The summed E-state index contributed by atoms with van der Waals surface area (Å²) in [6.07, 6.45) is 3.88. The molecule has 2 amide bonds. The van der Waals surface area contributed by atoms with Crippen molar-refractivity contribution in [3.8, 4) is 11.6 Å². The summed E-state index contributed by atoms with van der Waals surface area (Å²) in [6, 6.07) is 11.1. The lowest BCUT2D eigenvalue weighted by atomic mass is 10.1. The zero-order valence-electron chi connectivity index (χ0n) is 19.7. The average Bonchev–Trinajstić information content (AvgIpc) is 3.44. The second-order valence-electron chi connectivity index (χ2n) is 9.25. The molecule has 1 aromatic carbocycles. The fourth-order valence-corrected chi connectivity index (χ4v) is 3.85. The number of ether oxygens (including phenoxy) is 2. The Balaban J connectivity index is 1.40. The van der Waals surface area contributed by atoms with E-state index in [1.807, 2.05) is 61.9 Å². The van der Waals surface area contributed by atoms with Crippen molar-refractivity contribution < 1.29 is 24.2 Å². The highest BCUT2D eigenvalue weighted by Gasteiger charge is 2.30. The van der Waals surface area contributed by atoms with E-state index in [1.165, 1.54) is 0 Å². The number of aliphatic hydroxyl groups is 1. The number of carbonyl (C=O) groups is 2. The van der Waals surface area contributed by atoms with E-state index in [1.54, 1.807) is 17.2 Å². The summed E-state index contributed by atoms with van der Waals surface area (Å²) >= 11 is 0. The minimum Gasteiger partial charge on any atom is -0.487 e. The monoisotopic (exact) mass is 466 g/mol. The SMILES string of the molecule is CC(C)(C)OC(=O)N1CCC(Oc2ccc(-n3ccc4cc(C(=O)NCCO)ccc43)nc2)C1. The third kappa shape index (κ3) is 5.48. The molecule has 2 aromatic heterocycles. The Kier molecular flexibility index (Phi) is 6.74. The lowest BCUT2D eigenvalue weighted by Crippen LogP contribution is -2.36. The first-order valence-corrected chi connectivity index (χ1v) is 11.3. The van der Waals surface area contributed by atoms with Crippen molar-refractivity contribution in [3.63, 3.8) is 0 Å². The molecule has 34 heavy (non-hydrogen) atoms. The number of hydrogen-bond acceptors (Lipinski definition) is 6. The van der Waals surface area contributed by atoms with Crippen LogP contribution in [0.4, 0.5) is 4.79 Å². The Morgan fingerprint density at radius 2 is 2.03 bits per heavy atom. The number of pyridine rings is 1. The topological polar surface area (TPSA) is 106 Å². The van der Waals surface area contributed by atoms with Gasteiger partial charge in [0.15, 0.2) is 0 Å². The number of aliphatic hydroxyl groups excluding tert-OH is 1. The summed E-state index contributed by atoms with van der Waals surface area (Å²) in [5, 5.41) is 12.4. The van der Waals surface area contributed by atoms with Crippen LogP contribution in [-0.2, 0) is 4.74 Å². The van der Waals surface area contributed by atoms with E-state index >= 15 is 0 Å². The third-order valence-corrected chi connectivity index (χ3v) is 5.42. The molecule has 0 radical (unpaired) electrons. The second kappa shape index (κ2) is 9.72. The van der Waals surface area contributed by atoms with Gasteiger partial charge >= 0.3 is 6.09 Å². The van der Waals surface area contributed by atoms with E-state index in [4.69, 9.17) is 14.6 Å². The Bertz CT molecular complexity index is 1170. The van der Waals surface area contributed by atoms with Gasteiger partial charge in [0.25, 0.3) is 5.91 Å². The summed E-state index contributed by atoms with van der Waals surface area (Å²) in [7, 11) is 0. The van der Waals surface area contributed by atoms with Crippen LogP contribution in [0.25, 0.3) is 16.7 Å². The lowest BCUT2D eigenvalue weighted by molar-refractivity contribution is 0.0275. The molecule has 3 heterocycles. The summed E-state index contributed by atoms with van der Waals surface area (Å²) in [4.78, 5) is 30.6. The summed E-state index contributed by atoms with van der Waals surface area (Å²) in [5.41, 5.74) is 0.933. The van der Waals surface area contributed by atoms with Crippen molar-refractivity contribution in [2.45, 2.75) is 38.9 Å². The van der Waals surface area contributed by atoms with Gasteiger partial charge in [-0.2, -0.15) is 0 Å². The predicted molar refractivity (Wildman–Crippen MR) is 127 cm³/mol. The van der Waals surface area contributed by atoms with Gasteiger partial charge in [-0.3, -0.25) is 4.79 Å². The number of nitrogens with zero attached hydrogens (tertiary/aromatic N) is 3. The molecule has 1 aliphatic heterocycles. The van der Waals surface area contributed by atoms with Crippen molar-refractivity contribution in [3.05, 3.63) is 54.4 Å². The zero-order valence-corrected chi connectivity index (χ0v) is 19.7. The lowest BCUT2D eigenvalue weighted by Gasteiger charge is -2.24. The van der Waals surface area contributed by atoms with Crippen LogP contribution in [-0.4, -0.2) is 69.5 Å². The van der Waals surface area contributed by atoms with Crippen LogP contribution in [0.15, 0.2) is 48.8 Å². The van der Waals surface area contributed by atoms with Crippen molar-refractivity contribution in [1.29, 1.82) is 0 Å². The predicted octanol–water partition coefficient (Wildman–Crippen LogP) is 3.14. The Hall–Kier alpha value is -3.59. The van der Waals surface area contributed by atoms with Gasteiger partial charge in [0, 0.05) is 36.7 Å². The van der Waals surface area contributed by atoms with Gasteiger partial charge in [0.05, 0.1) is 24.9 Å². The van der Waals surface area contributed by atoms with Crippen molar-refractivity contribution in [2.75, 3.05) is 26.2 Å². The quantitative estimate of drug-likeness (QED) is 0.578. The van der Waals surface area contributed by atoms with Gasteiger partial charge in [0.2, 0.25) is 0 Å². The van der Waals surface area contributed by atoms with E-state index in [0.717, 1.165) is 23.1 Å². The molecule has 180 valence electrons. The molecule has 2 N–H and O–H groups in total. The number of hydrogen-bond donors (Lipinski definition) is 2. The van der Waals surface area contributed by atoms with Crippen LogP contribution in [0.5, 0.6) is 5.75 Å². The van der Waals surface area contributed by atoms with Crippen molar-refractivity contribution in [1.82, 2.24) is 19.8 Å². The number of aromatic nitrogens is 2. The Labute approximate surface area is 198 Å². The molecule has 1 aliphatic rings. The number of rotatable bonds is 6. The second-order valence-corrected chi connectivity index (χ2v) is 9.25. The molecule has 0 aliphatic carbocycles. The van der Waals surface area contributed by atoms with E-state index in [9.17, 15) is 9.59 Å². The number of nitrogens with one attached hydrogen (secondary N) is 1. The van der Waals surface area contributed by atoms with E-state index in [2.05, 4.69) is 10.3 Å². The zero-order chi connectivity index (χ0) is 24.3. The smallest absolute Gasteiger partial charge is 0.410 e. The average molecular weight is 467 g/mol. The molecule has 4 rings (SSSR count). The van der Waals surface area contributed by atoms with E-state index < -0.39 is 5.60 Å². The first-order chi connectivity index (χ1) is 16.2. The standard InChI is InChI=1S/C25H30N4O5/c1-25(2,3)34-24(32)28-11-9-20(16-28)33-19-5-7-22(27-15-19)29-12-8-17-14-18(4-6-21(17)29)23(31)26-10-13-30/h4-8,12,14-15,20,30H,9-11,13,16H2,1-3H3,(H,26,31). The van der Waals surface area contributed by atoms with Crippen LogP contribution < -0.4 is 10.1 Å². The molecule has 1 unspecified atom stereocenters. The van der Waals surface area contributed by atoms with Gasteiger partial charge in [0.1, 0.15) is 23.3 Å². The van der Waals surface area contributed by atoms with Gasteiger partial charge < -0.3 is 29.4 Å². The number of benzene rings is 1. The molecule has 1 atom stereocenters. The first-order valence-electron chi connectivity index (χ1n) is 11.3. The number of carbonyl (C=O) groups excluding carboxylic acids is 2. The van der Waals surface area contributed by atoms with Gasteiger partial charge in [-0.1, -0.05) is 0 Å². The normalized spacial score (nSPS) is 16.0. The molecular formula is C25H30N4O5. The highest BCUT2D eigenvalue weighted by Crippen LogP contribution is 2.24. The molecule has 0 bridgehead atoms. The van der Waals surface area contributed by atoms with Crippen LogP contribution in [0.2, 0.25) is 0 Å². The summed E-state index contributed by atoms with van der Waals surface area (Å²) in [5.74, 6) is 1.14. The van der Waals surface area contributed by atoms with E-state index in [-0.39, 0.29) is 31.3 Å². The van der Waals surface area contributed by atoms with Crippen LogP contribution in [0, 0.1) is 0 Å².